The first-order valence-electron chi connectivity index (χ1n) is 7.53. The number of hydrogen-bond acceptors (Lipinski definition) is 1. The summed E-state index contributed by atoms with van der Waals surface area (Å²) in [5, 5.41) is 6.75. The maximum absolute atomic E-state index is 12.8. The van der Waals surface area contributed by atoms with Gasteiger partial charge in [-0.3, -0.25) is 0 Å². The molecule has 0 spiro atoms. The lowest BCUT2D eigenvalue weighted by atomic mass is 10.1. The zero-order chi connectivity index (χ0) is 16.1. The fourth-order valence-corrected chi connectivity index (χ4v) is 2.42. The molecule has 2 amide bonds. The number of aromatic amines is 1. The van der Waals surface area contributed by atoms with Crippen LogP contribution in [0.3, 0.4) is 0 Å². The van der Waals surface area contributed by atoms with E-state index in [0.717, 1.165) is 17.5 Å². The van der Waals surface area contributed by atoms with Gasteiger partial charge in [-0.05, 0) is 47.2 Å². The highest BCUT2D eigenvalue weighted by Gasteiger charge is 2.02. The second-order valence-corrected chi connectivity index (χ2v) is 5.39. The van der Waals surface area contributed by atoms with Crippen LogP contribution in [0.1, 0.15) is 11.1 Å². The van der Waals surface area contributed by atoms with Crippen molar-refractivity contribution >= 4 is 16.9 Å². The Morgan fingerprint density at radius 3 is 2.61 bits per heavy atom. The first-order valence-corrected chi connectivity index (χ1v) is 7.53. The Kier molecular flexibility index (Phi) is 4.57. The molecule has 3 aromatic rings. The van der Waals surface area contributed by atoms with Crippen molar-refractivity contribution in [2.24, 2.45) is 0 Å². The average molecular weight is 311 g/mol. The highest BCUT2D eigenvalue weighted by atomic mass is 19.1. The van der Waals surface area contributed by atoms with Crippen LogP contribution in [0.15, 0.2) is 54.7 Å². The number of carbonyl (C=O) groups is 1. The third kappa shape index (κ3) is 4.10. The smallest absolute Gasteiger partial charge is 0.315 e. The van der Waals surface area contributed by atoms with Crippen molar-refractivity contribution in [2.45, 2.75) is 13.0 Å². The molecule has 118 valence electrons. The summed E-state index contributed by atoms with van der Waals surface area (Å²) < 4.78 is 12.8. The molecule has 3 rings (SSSR count). The van der Waals surface area contributed by atoms with Gasteiger partial charge in [0, 0.05) is 24.8 Å². The molecule has 0 radical (unpaired) electrons. The van der Waals surface area contributed by atoms with Crippen LogP contribution in [-0.2, 0) is 13.0 Å². The number of amides is 2. The Morgan fingerprint density at radius 2 is 1.78 bits per heavy atom. The number of urea groups is 1. The maximum Gasteiger partial charge on any atom is 0.315 e. The summed E-state index contributed by atoms with van der Waals surface area (Å²) in [5.41, 5.74) is 3.13. The van der Waals surface area contributed by atoms with Crippen LogP contribution in [0.5, 0.6) is 0 Å². The Bertz CT molecular complexity index is 795. The molecule has 0 aliphatic carbocycles. The number of aromatic nitrogens is 1. The summed E-state index contributed by atoms with van der Waals surface area (Å²) in [6.07, 6.45) is 2.68. The predicted octanol–water partition coefficient (Wildman–Crippen LogP) is 3.35. The molecule has 0 atom stereocenters. The number of H-pyrrole nitrogens is 1. The number of fused-ring (bicyclic) bond motifs is 1. The van der Waals surface area contributed by atoms with Gasteiger partial charge in [-0.2, -0.15) is 0 Å². The van der Waals surface area contributed by atoms with Gasteiger partial charge in [0.05, 0.1) is 0 Å². The molecule has 5 heteroatoms. The van der Waals surface area contributed by atoms with Gasteiger partial charge in [0.15, 0.2) is 0 Å². The average Bonchev–Trinajstić information content (AvgIpc) is 3.02. The van der Waals surface area contributed by atoms with E-state index in [1.807, 2.05) is 12.3 Å². The Balaban J connectivity index is 1.42. The number of rotatable bonds is 5. The fraction of sp³-hybridized carbons (Fsp3) is 0.167. The summed E-state index contributed by atoms with van der Waals surface area (Å²) in [7, 11) is 0. The molecular formula is C18H18FN3O. The van der Waals surface area contributed by atoms with Gasteiger partial charge in [0.25, 0.3) is 0 Å². The van der Waals surface area contributed by atoms with Crippen molar-refractivity contribution in [1.29, 1.82) is 0 Å². The molecule has 4 nitrogen and oxygen atoms in total. The highest BCUT2D eigenvalue weighted by Crippen LogP contribution is 2.14. The van der Waals surface area contributed by atoms with Gasteiger partial charge < -0.3 is 15.6 Å². The van der Waals surface area contributed by atoms with Gasteiger partial charge in [0.2, 0.25) is 0 Å². The van der Waals surface area contributed by atoms with E-state index in [2.05, 4.69) is 33.8 Å². The van der Waals surface area contributed by atoms with Crippen LogP contribution in [0.25, 0.3) is 10.9 Å². The minimum atomic E-state index is -0.280. The lowest BCUT2D eigenvalue weighted by Crippen LogP contribution is -2.36. The zero-order valence-electron chi connectivity index (χ0n) is 12.6. The second-order valence-electron chi connectivity index (χ2n) is 5.39. The summed E-state index contributed by atoms with van der Waals surface area (Å²) in [5.74, 6) is -0.280. The van der Waals surface area contributed by atoms with Crippen molar-refractivity contribution in [2.75, 3.05) is 6.54 Å². The van der Waals surface area contributed by atoms with Crippen molar-refractivity contribution in [3.05, 3.63) is 71.7 Å². The molecular weight excluding hydrogens is 293 g/mol. The van der Waals surface area contributed by atoms with E-state index in [0.29, 0.717) is 13.1 Å². The monoisotopic (exact) mass is 311 g/mol. The number of benzene rings is 2. The topological polar surface area (TPSA) is 56.9 Å². The summed E-state index contributed by atoms with van der Waals surface area (Å²) in [4.78, 5) is 14.9. The molecule has 1 aromatic heterocycles. The van der Waals surface area contributed by atoms with Gasteiger partial charge >= 0.3 is 6.03 Å². The van der Waals surface area contributed by atoms with Crippen molar-refractivity contribution in [3.8, 4) is 0 Å². The molecule has 0 aliphatic heterocycles. The minimum absolute atomic E-state index is 0.227. The van der Waals surface area contributed by atoms with E-state index in [1.54, 1.807) is 12.1 Å². The fourth-order valence-electron chi connectivity index (χ4n) is 2.42. The number of halogens is 1. The van der Waals surface area contributed by atoms with Crippen LogP contribution in [0.2, 0.25) is 0 Å². The van der Waals surface area contributed by atoms with Crippen LogP contribution < -0.4 is 10.6 Å². The quantitative estimate of drug-likeness (QED) is 0.665. The first-order chi connectivity index (χ1) is 11.2. The summed E-state index contributed by atoms with van der Waals surface area (Å²) >= 11 is 0. The molecule has 0 fully saturated rings. The van der Waals surface area contributed by atoms with E-state index in [9.17, 15) is 9.18 Å². The van der Waals surface area contributed by atoms with Gasteiger partial charge in [-0.15, -0.1) is 0 Å². The van der Waals surface area contributed by atoms with E-state index in [-0.39, 0.29) is 11.8 Å². The maximum atomic E-state index is 12.8. The summed E-state index contributed by atoms with van der Waals surface area (Å²) in [6, 6.07) is 14.1. The normalized spacial score (nSPS) is 10.7. The standard InChI is InChI=1S/C18H18FN3O/c19-16-5-2-14(3-6-16)12-22-18(23)21-9-7-13-1-4-15-8-10-20-17(15)11-13/h1-6,8,10-11,20H,7,9,12H2,(H2,21,22,23). The van der Waals surface area contributed by atoms with E-state index in [4.69, 9.17) is 0 Å². The SMILES string of the molecule is O=C(NCCc1ccc2cc[nH]c2c1)NCc1ccc(F)cc1. The molecule has 0 aliphatic rings. The molecule has 0 saturated heterocycles. The van der Waals surface area contributed by atoms with Gasteiger partial charge in [-0.1, -0.05) is 24.3 Å². The van der Waals surface area contributed by atoms with E-state index >= 15 is 0 Å². The van der Waals surface area contributed by atoms with Crippen molar-refractivity contribution < 1.29 is 9.18 Å². The van der Waals surface area contributed by atoms with Crippen LogP contribution >= 0.6 is 0 Å². The molecule has 2 aromatic carbocycles. The Morgan fingerprint density at radius 1 is 1.00 bits per heavy atom. The molecule has 23 heavy (non-hydrogen) atoms. The molecule has 3 N–H and O–H groups in total. The number of hydrogen-bond donors (Lipinski definition) is 3. The van der Waals surface area contributed by atoms with Gasteiger partial charge in [-0.25, -0.2) is 9.18 Å². The number of nitrogens with one attached hydrogen (secondary N) is 3. The van der Waals surface area contributed by atoms with E-state index in [1.165, 1.54) is 23.1 Å². The third-order valence-electron chi connectivity index (χ3n) is 3.68. The molecule has 1 heterocycles. The second kappa shape index (κ2) is 6.96. The minimum Gasteiger partial charge on any atom is -0.361 e. The van der Waals surface area contributed by atoms with Crippen molar-refractivity contribution in [3.63, 3.8) is 0 Å². The lowest BCUT2D eigenvalue weighted by molar-refractivity contribution is 0.240. The van der Waals surface area contributed by atoms with Crippen LogP contribution in [-0.4, -0.2) is 17.6 Å². The van der Waals surface area contributed by atoms with E-state index < -0.39 is 0 Å². The molecule has 0 bridgehead atoms. The molecule has 0 unspecified atom stereocenters. The van der Waals surface area contributed by atoms with Crippen LogP contribution in [0.4, 0.5) is 9.18 Å². The third-order valence-corrected chi connectivity index (χ3v) is 3.68. The lowest BCUT2D eigenvalue weighted by Gasteiger charge is -2.08. The Hall–Kier alpha value is -2.82. The highest BCUT2D eigenvalue weighted by molar-refractivity contribution is 5.79. The predicted molar refractivity (Wildman–Crippen MR) is 88.6 cm³/mol. The number of carbonyl (C=O) groups excluding carboxylic acids is 1. The Labute approximate surface area is 133 Å². The first kappa shape index (κ1) is 15.1. The zero-order valence-corrected chi connectivity index (χ0v) is 12.6. The van der Waals surface area contributed by atoms with Crippen molar-refractivity contribution in [1.82, 2.24) is 15.6 Å². The van der Waals surface area contributed by atoms with Crippen LogP contribution in [0, 0.1) is 5.82 Å². The largest absolute Gasteiger partial charge is 0.361 e. The molecule has 0 saturated carbocycles. The van der Waals surface area contributed by atoms with Gasteiger partial charge in [0.1, 0.15) is 5.82 Å². The summed E-state index contributed by atoms with van der Waals surface area (Å²) in [6.45, 7) is 0.933.